The highest BCUT2D eigenvalue weighted by Crippen LogP contribution is 2.32. The molecule has 23 heavy (non-hydrogen) atoms. The zero-order valence-corrected chi connectivity index (χ0v) is 14.8. The van der Waals surface area contributed by atoms with E-state index in [1.165, 1.54) is 11.8 Å². The highest BCUT2D eigenvalue weighted by molar-refractivity contribution is 8.45. The number of carbonyl (C=O) groups excluding carboxylic acids is 1. The molecule has 1 aromatic heterocycles. The summed E-state index contributed by atoms with van der Waals surface area (Å²) in [6.07, 6.45) is 2.74. The Morgan fingerprint density at radius 1 is 1.26 bits per heavy atom. The summed E-state index contributed by atoms with van der Waals surface area (Å²) in [5, 5.41) is 0.649. The molecule has 6 heteroatoms. The van der Waals surface area contributed by atoms with Gasteiger partial charge in [-0.3, -0.25) is 4.79 Å². The summed E-state index contributed by atoms with van der Waals surface area (Å²) in [7, 11) is 0. The van der Waals surface area contributed by atoms with Crippen molar-refractivity contribution in [2.24, 2.45) is 4.99 Å². The molecule has 0 spiro atoms. The third-order valence-electron chi connectivity index (χ3n) is 3.07. The third kappa shape index (κ3) is 4.10. The van der Waals surface area contributed by atoms with Crippen LogP contribution < -0.4 is 0 Å². The molecule has 0 fully saturated rings. The van der Waals surface area contributed by atoms with Crippen molar-refractivity contribution in [1.82, 2.24) is 0 Å². The molecular formula is C17H14ClNO2S2. The van der Waals surface area contributed by atoms with Gasteiger partial charge in [-0.2, -0.15) is 0 Å². The molecule has 0 N–H and O–H groups in total. The first-order valence-corrected chi connectivity index (χ1v) is 9.35. The Labute approximate surface area is 148 Å². The van der Waals surface area contributed by atoms with Crippen LogP contribution in [0.25, 0.3) is 17.4 Å². The van der Waals surface area contributed by atoms with Gasteiger partial charge in [-0.15, -0.1) is 0 Å². The molecule has 0 saturated carbocycles. The molecule has 3 nitrogen and oxygen atoms in total. The second-order valence-corrected chi connectivity index (χ2v) is 7.59. The largest absolute Gasteiger partial charge is 0.457 e. The van der Waals surface area contributed by atoms with Crippen molar-refractivity contribution in [3.05, 3.63) is 52.9 Å². The second kappa shape index (κ2) is 7.43. The minimum absolute atomic E-state index is 0.0342. The van der Waals surface area contributed by atoms with E-state index in [9.17, 15) is 4.79 Å². The number of benzene rings is 1. The molecule has 1 aliphatic rings. The molecule has 0 radical (unpaired) electrons. The SMILES string of the molecule is CCCSC1=N/C(=C\c2ccc(-c3ccc(Cl)cc3)o2)C(=O)S1. The fourth-order valence-electron chi connectivity index (χ4n) is 1.98. The summed E-state index contributed by atoms with van der Waals surface area (Å²) in [4.78, 5) is 16.3. The minimum Gasteiger partial charge on any atom is -0.457 e. The number of aliphatic imine (C=N–C) groups is 1. The lowest BCUT2D eigenvalue weighted by molar-refractivity contribution is -0.107. The van der Waals surface area contributed by atoms with Gasteiger partial charge in [0, 0.05) is 16.7 Å². The fourth-order valence-corrected chi connectivity index (χ4v) is 3.87. The van der Waals surface area contributed by atoms with Crippen molar-refractivity contribution in [3.63, 3.8) is 0 Å². The van der Waals surface area contributed by atoms with Gasteiger partial charge in [-0.05, 0) is 60.3 Å². The molecule has 118 valence electrons. The molecule has 0 aliphatic carbocycles. The van der Waals surface area contributed by atoms with Gasteiger partial charge in [-0.1, -0.05) is 30.3 Å². The Morgan fingerprint density at radius 2 is 2.04 bits per heavy atom. The Balaban J connectivity index is 1.79. The first kappa shape index (κ1) is 16.4. The van der Waals surface area contributed by atoms with Gasteiger partial charge in [0.2, 0.25) is 5.12 Å². The summed E-state index contributed by atoms with van der Waals surface area (Å²) < 4.78 is 6.59. The molecule has 2 aromatic rings. The zero-order valence-electron chi connectivity index (χ0n) is 12.4. The van der Waals surface area contributed by atoms with Crippen molar-refractivity contribution >= 4 is 50.7 Å². The Bertz CT molecular complexity index is 778. The van der Waals surface area contributed by atoms with Gasteiger partial charge in [-0.25, -0.2) is 4.99 Å². The zero-order chi connectivity index (χ0) is 16.2. The lowest BCUT2D eigenvalue weighted by Gasteiger charge is -1.96. The molecule has 0 saturated heterocycles. The van der Waals surface area contributed by atoms with Gasteiger partial charge in [0.25, 0.3) is 0 Å². The fraction of sp³-hybridized carbons (Fsp3) is 0.176. The number of nitrogens with zero attached hydrogens (tertiary/aromatic N) is 1. The number of carbonyl (C=O) groups is 1. The third-order valence-corrected chi connectivity index (χ3v) is 5.53. The minimum atomic E-state index is -0.0342. The molecular weight excluding hydrogens is 350 g/mol. The molecule has 0 bridgehead atoms. The van der Waals surface area contributed by atoms with E-state index in [-0.39, 0.29) is 5.12 Å². The Kier molecular flexibility index (Phi) is 5.30. The normalized spacial score (nSPS) is 16.2. The quantitative estimate of drug-likeness (QED) is 0.652. The van der Waals surface area contributed by atoms with E-state index >= 15 is 0 Å². The van der Waals surface area contributed by atoms with Gasteiger partial charge < -0.3 is 4.42 Å². The number of hydrogen-bond acceptors (Lipinski definition) is 5. The lowest BCUT2D eigenvalue weighted by Crippen LogP contribution is -1.87. The maximum absolute atomic E-state index is 12.0. The summed E-state index contributed by atoms with van der Waals surface area (Å²) in [5.41, 5.74) is 1.37. The predicted molar refractivity (Wildman–Crippen MR) is 99.9 cm³/mol. The summed E-state index contributed by atoms with van der Waals surface area (Å²) in [6.45, 7) is 2.10. The van der Waals surface area contributed by atoms with Crippen LogP contribution in [0.15, 0.2) is 51.5 Å². The number of furan rings is 1. The standard InChI is InChI=1S/C17H14ClNO2S2/c1-2-9-22-17-19-14(16(20)23-17)10-13-7-8-15(21-13)11-3-5-12(18)6-4-11/h3-8,10H,2,9H2,1H3/b14-10-. The summed E-state index contributed by atoms with van der Waals surface area (Å²) in [6, 6.07) is 11.1. The van der Waals surface area contributed by atoms with Crippen molar-refractivity contribution in [2.75, 3.05) is 5.75 Å². The topological polar surface area (TPSA) is 42.6 Å². The number of halogens is 1. The van der Waals surface area contributed by atoms with E-state index in [1.807, 2.05) is 36.4 Å². The monoisotopic (exact) mass is 363 g/mol. The number of rotatable bonds is 4. The van der Waals surface area contributed by atoms with Crippen molar-refractivity contribution in [3.8, 4) is 11.3 Å². The van der Waals surface area contributed by atoms with Gasteiger partial charge >= 0.3 is 0 Å². The predicted octanol–water partition coefficient (Wildman–Crippen LogP) is 5.71. The number of thioether (sulfide) groups is 2. The Hall–Kier alpha value is -1.43. The molecule has 0 atom stereocenters. The molecule has 0 amide bonds. The van der Waals surface area contributed by atoms with Gasteiger partial charge in [0.1, 0.15) is 21.6 Å². The van der Waals surface area contributed by atoms with Crippen LogP contribution in [0.5, 0.6) is 0 Å². The van der Waals surface area contributed by atoms with E-state index < -0.39 is 0 Å². The van der Waals surface area contributed by atoms with Crippen molar-refractivity contribution in [2.45, 2.75) is 13.3 Å². The maximum Gasteiger partial charge on any atom is 0.244 e. The first-order chi connectivity index (χ1) is 11.2. The van der Waals surface area contributed by atoms with E-state index in [1.54, 1.807) is 17.8 Å². The molecule has 0 unspecified atom stereocenters. The summed E-state index contributed by atoms with van der Waals surface area (Å²) >= 11 is 8.69. The van der Waals surface area contributed by atoms with Crippen LogP contribution in [0, 0.1) is 0 Å². The van der Waals surface area contributed by atoms with E-state index in [0.717, 1.165) is 27.9 Å². The van der Waals surface area contributed by atoms with Crippen LogP contribution in [-0.4, -0.2) is 15.2 Å². The highest BCUT2D eigenvalue weighted by Gasteiger charge is 2.22. The van der Waals surface area contributed by atoms with E-state index in [2.05, 4.69) is 11.9 Å². The number of hydrogen-bond donors (Lipinski definition) is 0. The maximum atomic E-state index is 12.0. The van der Waals surface area contributed by atoms with Gasteiger partial charge in [0.15, 0.2) is 0 Å². The molecule has 3 rings (SSSR count). The van der Waals surface area contributed by atoms with E-state index in [4.69, 9.17) is 16.0 Å². The van der Waals surface area contributed by atoms with Gasteiger partial charge in [0.05, 0.1) is 0 Å². The molecule has 1 aliphatic heterocycles. The Morgan fingerprint density at radius 3 is 2.78 bits per heavy atom. The lowest BCUT2D eigenvalue weighted by atomic mass is 10.2. The van der Waals surface area contributed by atoms with Crippen LogP contribution in [0.1, 0.15) is 19.1 Å². The van der Waals surface area contributed by atoms with Crippen LogP contribution >= 0.6 is 35.1 Å². The molecule has 2 heterocycles. The summed E-state index contributed by atoms with van der Waals surface area (Å²) in [5.74, 6) is 2.31. The van der Waals surface area contributed by atoms with E-state index in [0.29, 0.717) is 16.5 Å². The van der Waals surface area contributed by atoms with Crippen LogP contribution in [-0.2, 0) is 4.79 Å². The van der Waals surface area contributed by atoms with Crippen LogP contribution in [0.4, 0.5) is 0 Å². The van der Waals surface area contributed by atoms with Crippen LogP contribution in [0.2, 0.25) is 5.02 Å². The smallest absolute Gasteiger partial charge is 0.244 e. The van der Waals surface area contributed by atoms with Crippen LogP contribution in [0.3, 0.4) is 0 Å². The average molecular weight is 364 g/mol. The van der Waals surface area contributed by atoms with Crippen molar-refractivity contribution in [1.29, 1.82) is 0 Å². The average Bonchev–Trinajstić information content (AvgIpc) is 3.14. The molecule has 1 aromatic carbocycles. The van der Waals surface area contributed by atoms with Crippen molar-refractivity contribution < 1.29 is 9.21 Å². The first-order valence-electron chi connectivity index (χ1n) is 7.17. The second-order valence-electron chi connectivity index (χ2n) is 4.85. The highest BCUT2D eigenvalue weighted by atomic mass is 35.5.